The molecular formula is C13H13ClN4O. The maximum atomic E-state index is 11.6. The number of halogens is 1. The van der Waals surface area contributed by atoms with Crippen LogP contribution in [0.3, 0.4) is 0 Å². The summed E-state index contributed by atoms with van der Waals surface area (Å²) in [6.45, 7) is 1.79. The molecule has 98 valence electrons. The van der Waals surface area contributed by atoms with E-state index in [1.165, 1.54) is 0 Å². The highest BCUT2D eigenvalue weighted by Gasteiger charge is 2.19. The Morgan fingerprint density at radius 2 is 2.00 bits per heavy atom. The molecule has 0 bridgehead atoms. The number of carbonyl (C=O) groups is 1. The molecule has 1 saturated heterocycles. The number of amides is 1. The summed E-state index contributed by atoms with van der Waals surface area (Å²) in [4.78, 5) is 13.6. The van der Waals surface area contributed by atoms with Gasteiger partial charge in [0.2, 0.25) is 5.91 Å². The van der Waals surface area contributed by atoms with E-state index in [1.54, 1.807) is 0 Å². The molecule has 0 radical (unpaired) electrons. The molecule has 1 aromatic heterocycles. The monoisotopic (exact) mass is 276 g/mol. The van der Waals surface area contributed by atoms with Gasteiger partial charge in [0.05, 0.1) is 6.54 Å². The minimum absolute atomic E-state index is 0.0123. The number of carbonyl (C=O) groups excluding carboxylic acids is 1. The summed E-state index contributed by atoms with van der Waals surface area (Å²) >= 11 is 6.06. The summed E-state index contributed by atoms with van der Waals surface area (Å²) in [7, 11) is 0. The highest BCUT2D eigenvalue weighted by molar-refractivity contribution is 6.34. The van der Waals surface area contributed by atoms with Crippen LogP contribution >= 0.6 is 11.6 Å². The number of hydrogen-bond donors (Lipinski definition) is 1. The SMILES string of the molecule is O=C1CN(c2nnc(Cl)c3ccccc23)CCCN1. The van der Waals surface area contributed by atoms with Gasteiger partial charge in [-0.15, -0.1) is 10.2 Å². The van der Waals surface area contributed by atoms with Gasteiger partial charge in [-0.1, -0.05) is 35.9 Å². The molecule has 5 nitrogen and oxygen atoms in total. The molecule has 1 aliphatic rings. The van der Waals surface area contributed by atoms with Crippen molar-refractivity contribution in [2.24, 2.45) is 0 Å². The first kappa shape index (κ1) is 12.2. The molecule has 1 amide bonds. The molecule has 0 saturated carbocycles. The first-order valence-electron chi connectivity index (χ1n) is 6.18. The van der Waals surface area contributed by atoms with Crippen molar-refractivity contribution in [2.45, 2.75) is 6.42 Å². The van der Waals surface area contributed by atoms with Crippen LogP contribution in [0.4, 0.5) is 5.82 Å². The Kier molecular flexibility index (Phi) is 3.21. The predicted molar refractivity (Wildman–Crippen MR) is 74.4 cm³/mol. The number of hydrogen-bond acceptors (Lipinski definition) is 4. The number of nitrogens with one attached hydrogen (secondary N) is 1. The van der Waals surface area contributed by atoms with E-state index in [0.717, 1.165) is 29.6 Å². The van der Waals surface area contributed by atoms with Gasteiger partial charge in [0, 0.05) is 23.9 Å². The van der Waals surface area contributed by atoms with Crippen molar-refractivity contribution in [3.8, 4) is 0 Å². The fourth-order valence-corrected chi connectivity index (χ4v) is 2.48. The zero-order valence-corrected chi connectivity index (χ0v) is 11.0. The van der Waals surface area contributed by atoms with Crippen molar-refractivity contribution in [3.63, 3.8) is 0 Å². The number of anilines is 1. The average Bonchev–Trinajstić information content (AvgIpc) is 2.64. The van der Waals surface area contributed by atoms with Gasteiger partial charge < -0.3 is 10.2 Å². The molecule has 2 aromatic rings. The molecule has 1 aromatic carbocycles. The molecule has 1 aliphatic heterocycles. The molecule has 19 heavy (non-hydrogen) atoms. The van der Waals surface area contributed by atoms with Gasteiger partial charge in [-0.2, -0.15) is 0 Å². The molecule has 2 heterocycles. The summed E-state index contributed by atoms with van der Waals surface area (Å²) in [6.07, 6.45) is 0.893. The Labute approximate surface area is 115 Å². The third-order valence-electron chi connectivity index (χ3n) is 3.18. The lowest BCUT2D eigenvalue weighted by molar-refractivity contribution is -0.119. The lowest BCUT2D eigenvalue weighted by Crippen LogP contribution is -2.33. The summed E-state index contributed by atoms with van der Waals surface area (Å²) in [5.74, 6) is 0.732. The van der Waals surface area contributed by atoms with Crippen LogP contribution in [-0.4, -0.2) is 35.7 Å². The van der Waals surface area contributed by atoms with E-state index >= 15 is 0 Å². The summed E-state index contributed by atoms with van der Waals surface area (Å²) in [6, 6.07) is 7.71. The third kappa shape index (κ3) is 2.33. The number of nitrogens with zero attached hydrogens (tertiary/aromatic N) is 3. The lowest BCUT2D eigenvalue weighted by Gasteiger charge is -2.21. The van der Waals surface area contributed by atoms with E-state index in [-0.39, 0.29) is 5.91 Å². The third-order valence-corrected chi connectivity index (χ3v) is 3.46. The first-order valence-corrected chi connectivity index (χ1v) is 6.56. The second-order valence-electron chi connectivity index (χ2n) is 4.49. The fourth-order valence-electron chi connectivity index (χ4n) is 2.28. The van der Waals surface area contributed by atoms with Gasteiger partial charge in [0.25, 0.3) is 0 Å². The van der Waals surface area contributed by atoms with E-state index in [9.17, 15) is 4.79 Å². The molecule has 1 N–H and O–H groups in total. The molecule has 0 spiro atoms. The Morgan fingerprint density at radius 1 is 1.21 bits per heavy atom. The topological polar surface area (TPSA) is 58.1 Å². The van der Waals surface area contributed by atoms with Crippen LogP contribution in [0.15, 0.2) is 24.3 Å². The van der Waals surface area contributed by atoms with E-state index < -0.39 is 0 Å². The Bertz CT molecular complexity index is 631. The van der Waals surface area contributed by atoms with Gasteiger partial charge in [0.15, 0.2) is 11.0 Å². The van der Waals surface area contributed by atoms with Crippen molar-refractivity contribution in [1.29, 1.82) is 0 Å². The molecule has 0 aliphatic carbocycles. The Hall–Kier alpha value is -1.88. The maximum absolute atomic E-state index is 11.6. The summed E-state index contributed by atoms with van der Waals surface area (Å²) in [5.41, 5.74) is 0. The van der Waals surface area contributed by atoms with Crippen LogP contribution in [-0.2, 0) is 4.79 Å². The van der Waals surface area contributed by atoms with Gasteiger partial charge in [-0.25, -0.2) is 0 Å². The van der Waals surface area contributed by atoms with Crippen molar-refractivity contribution >= 4 is 34.1 Å². The normalized spacial score (nSPS) is 16.3. The maximum Gasteiger partial charge on any atom is 0.239 e. The van der Waals surface area contributed by atoms with Gasteiger partial charge in [-0.3, -0.25) is 4.79 Å². The number of rotatable bonds is 1. The molecule has 1 fully saturated rings. The molecule has 0 unspecified atom stereocenters. The second kappa shape index (κ2) is 5.01. The molecule has 3 rings (SSSR count). The number of fused-ring (bicyclic) bond motifs is 1. The summed E-state index contributed by atoms with van der Waals surface area (Å²) < 4.78 is 0. The molecular weight excluding hydrogens is 264 g/mol. The summed E-state index contributed by atoms with van der Waals surface area (Å²) in [5, 5.41) is 13.2. The van der Waals surface area contributed by atoms with Crippen molar-refractivity contribution in [1.82, 2.24) is 15.5 Å². The van der Waals surface area contributed by atoms with Crippen LogP contribution in [0.2, 0.25) is 5.15 Å². The molecule has 0 atom stereocenters. The van der Waals surface area contributed by atoms with Crippen LogP contribution in [0.1, 0.15) is 6.42 Å². The largest absolute Gasteiger partial charge is 0.354 e. The average molecular weight is 277 g/mol. The highest BCUT2D eigenvalue weighted by atomic mass is 35.5. The fraction of sp³-hybridized carbons (Fsp3) is 0.308. The van der Waals surface area contributed by atoms with Gasteiger partial charge >= 0.3 is 0 Å². The lowest BCUT2D eigenvalue weighted by atomic mass is 10.2. The highest BCUT2D eigenvalue weighted by Crippen LogP contribution is 2.28. The second-order valence-corrected chi connectivity index (χ2v) is 4.84. The van der Waals surface area contributed by atoms with E-state index in [0.29, 0.717) is 18.2 Å². The predicted octanol–water partition coefficient (Wildman–Crippen LogP) is 1.61. The zero-order valence-electron chi connectivity index (χ0n) is 10.3. The van der Waals surface area contributed by atoms with Crippen LogP contribution in [0.25, 0.3) is 10.8 Å². The van der Waals surface area contributed by atoms with Crippen molar-refractivity contribution < 1.29 is 4.79 Å². The van der Waals surface area contributed by atoms with Crippen LogP contribution in [0.5, 0.6) is 0 Å². The smallest absolute Gasteiger partial charge is 0.239 e. The zero-order chi connectivity index (χ0) is 13.2. The minimum atomic E-state index is 0.0123. The van der Waals surface area contributed by atoms with Gasteiger partial charge in [-0.05, 0) is 6.42 Å². The van der Waals surface area contributed by atoms with E-state index in [4.69, 9.17) is 11.6 Å². The number of benzene rings is 1. The van der Waals surface area contributed by atoms with Crippen LogP contribution < -0.4 is 10.2 Å². The first-order chi connectivity index (χ1) is 9.25. The van der Waals surface area contributed by atoms with E-state index in [2.05, 4.69) is 15.5 Å². The Morgan fingerprint density at radius 3 is 2.84 bits per heavy atom. The van der Waals surface area contributed by atoms with Crippen LogP contribution in [0, 0.1) is 0 Å². The number of aromatic nitrogens is 2. The van der Waals surface area contributed by atoms with Crippen molar-refractivity contribution in [3.05, 3.63) is 29.4 Å². The molecule has 6 heteroatoms. The van der Waals surface area contributed by atoms with E-state index in [1.807, 2.05) is 29.2 Å². The quantitative estimate of drug-likeness (QED) is 0.860. The van der Waals surface area contributed by atoms with Crippen molar-refractivity contribution in [2.75, 3.05) is 24.5 Å². The minimum Gasteiger partial charge on any atom is -0.354 e. The Balaban J connectivity index is 2.09. The standard InChI is InChI=1S/C13H13ClN4O/c14-12-9-4-1-2-5-10(9)13(17-16-12)18-7-3-6-15-11(19)8-18/h1-2,4-5H,3,6-8H2,(H,15,19). The van der Waals surface area contributed by atoms with Gasteiger partial charge in [0.1, 0.15) is 0 Å².